The maximum atomic E-state index is 12.0. The second-order valence-corrected chi connectivity index (χ2v) is 8.93. The summed E-state index contributed by atoms with van der Waals surface area (Å²) in [5.74, 6) is 0.630. The molecule has 1 rings (SSSR count). The number of carbonyl (C=O) groups excluding carboxylic acids is 1. The van der Waals surface area contributed by atoms with Gasteiger partial charge in [-0.3, -0.25) is 4.79 Å². The maximum Gasteiger partial charge on any atom is 0.311 e. The Balaban J connectivity index is 1.89. The van der Waals surface area contributed by atoms with Crippen LogP contribution in [-0.4, -0.2) is 11.1 Å². The van der Waals surface area contributed by atoms with Gasteiger partial charge in [0.2, 0.25) is 0 Å². The number of aromatic hydroxyl groups is 1. The first-order chi connectivity index (χ1) is 14.5. The van der Waals surface area contributed by atoms with Gasteiger partial charge in [0.1, 0.15) is 11.5 Å². The molecular formula is C27H46O3. The fourth-order valence-electron chi connectivity index (χ4n) is 3.88. The molecule has 0 radical (unpaired) electrons. The van der Waals surface area contributed by atoms with Gasteiger partial charge in [0.05, 0.1) is 0 Å². The summed E-state index contributed by atoms with van der Waals surface area (Å²) in [5, 5.41) is 9.68. The molecule has 0 unspecified atom stereocenters. The molecule has 0 atom stereocenters. The van der Waals surface area contributed by atoms with E-state index in [1.165, 1.54) is 89.9 Å². The number of esters is 1. The van der Waals surface area contributed by atoms with Gasteiger partial charge in [-0.15, -0.1) is 0 Å². The Morgan fingerprint density at radius 2 is 1.13 bits per heavy atom. The molecule has 1 aromatic carbocycles. The van der Waals surface area contributed by atoms with Gasteiger partial charge >= 0.3 is 5.97 Å². The number of hydrogen-bond acceptors (Lipinski definition) is 3. The Morgan fingerprint density at radius 3 is 1.60 bits per heavy atom. The standard InChI is InChI=1S/C27H46O3/c1-4-5-6-7-8-9-10-11-12-13-14-15-16-17-18-19-20-27(29)30-26-22-23(2)25(28)21-24(26)3/h21-22,28H,4-20H2,1-3H3. The van der Waals surface area contributed by atoms with Crippen LogP contribution in [0.15, 0.2) is 12.1 Å². The first-order valence-corrected chi connectivity index (χ1v) is 12.6. The summed E-state index contributed by atoms with van der Waals surface area (Å²) in [4.78, 5) is 12.0. The average molecular weight is 419 g/mol. The van der Waals surface area contributed by atoms with Crippen molar-refractivity contribution in [3.05, 3.63) is 23.3 Å². The molecule has 0 bridgehead atoms. The lowest BCUT2D eigenvalue weighted by Crippen LogP contribution is -2.08. The number of carbonyl (C=O) groups is 1. The third-order valence-electron chi connectivity index (χ3n) is 5.95. The molecule has 0 saturated carbocycles. The molecule has 0 spiro atoms. The molecule has 3 heteroatoms. The molecule has 0 amide bonds. The highest BCUT2D eigenvalue weighted by atomic mass is 16.5. The van der Waals surface area contributed by atoms with E-state index in [9.17, 15) is 9.90 Å². The molecule has 0 aliphatic carbocycles. The number of rotatable bonds is 18. The van der Waals surface area contributed by atoms with Crippen molar-refractivity contribution >= 4 is 5.97 Å². The number of phenolic OH excluding ortho intramolecular Hbond substituents is 1. The number of hydrogen-bond donors (Lipinski definition) is 1. The fraction of sp³-hybridized carbons (Fsp3) is 0.741. The minimum Gasteiger partial charge on any atom is -0.508 e. The molecular weight excluding hydrogens is 372 g/mol. The van der Waals surface area contributed by atoms with Gasteiger partial charge in [0.15, 0.2) is 0 Å². The van der Waals surface area contributed by atoms with Crippen molar-refractivity contribution in [1.82, 2.24) is 0 Å². The van der Waals surface area contributed by atoms with Gasteiger partial charge in [-0.25, -0.2) is 0 Å². The SMILES string of the molecule is CCCCCCCCCCCCCCCCCCC(=O)Oc1cc(C)c(O)cc1C. The highest BCUT2D eigenvalue weighted by molar-refractivity contribution is 5.73. The van der Waals surface area contributed by atoms with E-state index in [-0.39, 0.29) is 11.7 Å². The summed E-state index contributed by atoms with van der Waals surface area (Å²) >= 11 is 0. The quantitative estimate of drug-likeness (QED) is 0.147. The largest absolute Gasteiger partial charge is 0.508 e. The number of ether oxygens (including phenoxy) is 1. The molecule has 3 nitrogen and oxygen atoms in total. The Labute approximate surface area is 185 Å². The second kappa shape index (κ2) is 17.2. The van der Waals surface area contributed by atoms with Crippen molar-refractivity contribution < 1.29 is 14.6 Å². The van der Waals surface area contributed by atoms with Crippen LogP contribution in [0.25, 0.3) is 0 Å². The first-order valence-electron chi connectivity index (χ1n) is 12.6. The van der Waals surface area contributed by atoms with E-state index in [0.29, 0.717) is 12.2 Å². The summed E-state index contributed by atoms with van der Waals surface area (Å²) in [6, 6.07) is 3.38. The van der Waals surface area contributed by atoms with Gasteiger partial charge in [0, 0.05) is 6.42 Å². The minimum atomic E-state index is -0.173. The van der Waals surface area contributed by atoms with Crippen molar-refractivity contribution in [2.75, 3.05) is 0 Å². The monoisotopic (exact) mass is 418 g/mol. The van der Waals surface area contributed by atoms with Crippen LogP contribution in [-0.2, 0) is 4.79 Å². The zero-order valence-corrected chi connectivity index (χ0v) is 19.9. The normalized spacial score (nSPS) is 11.0. The van der Waals surface area contributed by atoms with Crippen molar-refractivity contribution in [1.29, 1.82) is 0 Å². The highest BCUT2D eigenvalue weighted by Gasteiger charge is 2.09. The molecule has 0 saturated heterocycles. The van der Waals surface area contributed by atoms with Crippen molar-refractivity contribution in [2.24, 2.45) is 0 Å². The molecule has 1 aromatic rings. The van der Waals surface area contributed by atoms with E-state index in [1.807, 2.05) is 13.8 Å². The van der Waals surface area contributed by atoms with Crippen LogP contribution in [0.4, 0.5) is 0 Å². The van der Waals surface area contributed by atoms with Gasteiger partial charge < -0.3 is 9.84 Å². The highest BCUT2D eigenvalue weighted by Crippen LogP contribution is 2.27. The number of benzene rings is 1. The van der Waals surface area contributed by atoms with E-state index < -0.39 is 0 Å². The Bertz CT molecular complexity index is 580. The van der Waals surface area contributed by atoms with Gasteiger partial charge in [-0.05, 0) is 43.5 Å². The van der Waals surface area contributed by atoms with E-state index in [2.05, 4.69) is 6.92 Å². The van der Waals surface area contributed by atoms with Gasteiger partial charge in [-0.1, -0.05) is 103 Å². The molecule has 30 heavy (non-hydrogen) atoms. The lowest BCUT2D eigenvalue weighted by atomic mass is 10.0. The van der Waals surface area contributed by atoms with E-state index >= 15 is 0 Å². The van der Waals surface area contributed by atoms with E-state index in [4.69, 9.17) is 4.74 Å². The van der Waals surface area contributed by atoms with Gasteiger partial charge in [0.25, 0.3) is 0 Å². The number of unbranched alkanes of at least 4 members (excludes halogenated alkanes) is 15. The summed E-state index contributed by atoms with van der Waals surface area (Å²) < 4.78 is 5.46. The average Bonchev–Trinajstić information content (AvgIpc) is 2.71. The predicted molar refractivity (Wildman–Crippen MR) is 127 cm³/mol. The van der Waals surface area contributed by atoms with E-state index in [0.717, 1.165) is 24.0 Å². The van der Waals surface area contributed by atoms with Crippen LogP contribution in [0.5, 0.6) is 11.5 Å². The summed E-state index contributed by atoms with van der Waals surface area (Å²) in [6.45, 7) is 5.93. The lowest BCUT2D eigenvalue weighted by molar-refractivity contribution is -0.134. The summed E-state index contributed by atoms with van der Waals surface area (Å²) in [6.07, 6.45) is 21.7. The van der Waals surface area contributed by atoms with Crippen LogP contribution < -0.4 is 4.74 Å². The first kappa shape index (κ1) is 26.5. The molecule has 1 N–H and O–H groups in total. The number of aryl methyl sites for hydroxylation is 2. The van der Waals surface area contributed by atoms with E-state index in [1.54, 1.807) is 12.1 Å². The Morgan fingerprint density at radius 1 is 0.700 bits per heavy atom. The zero-order chi connectivity index (χ0) is 22.0. The second-order valence-electron chi connectivity index (χ2n) is 8.93. The third-order valence-corrected chi connectivity index (χ3v) is 5.95. The number of phenols is 1. The predicted octanol–water partition coefficient (Wildman–Crippen LogP) is 8.57. The molecule has 0 aromatic heterocycles. The molecule has 0 aliphatic heterocycles. The van der Waals surface area contributed by atoms with Crippen LogP contribution in [0, 0.1) is 13.8 Å². The molecule has 0 aliphatic rings. The fourth-order valence-corrected chi connectivity index (χ4v) is 3.88. The van der Waals surface area contributed by atoms with Gasteiger partial charge in [-0.2, -0.15) is 0 Å². The minimum absolute atomic E-state index is 0.173. The summed E-state index contributed by atoms with van der Waals surface area (Å²) in [5.41, 5.74) is 1.52. The van der Waals surface area contributed by atoms with Crippen molar-refractivity contribution in [3.8, 4) is 11.5 Å². The van der Waals surface area contributed by atoms with Crippen LogP contribution in [0.3, 0.4) is 0 Å². The molecule has 0 fully saturated rings. The van der Waals surface area contributed by atoms with Crippen LogP contribution >= 0.6 is 0 Å². The third kappa shape index (κ3) is 12.9. The van der Waals surface area contributed by atoms with Crippen molar-refractivity contribution in [2.45, 2.75) is 130 Å². The topological polar surface area (TPSA) is 46.5 Å². The zero-order valence-electron chi connectivity index (χ0n) is 19.9. The molecule has 172 valence electrons. The Kier molecular flexibility index (Phi) is 15.2. The molecule has 0 heterocycles. The Hall–Kier alpha value is -1.51. The van der Waals surface area contributed by atoms with Crippen molar-refractivity contribution in [3.63, 3.8) is 0 Å². The lowest BCUT2D eigenvalue weighted by Gasteiger charge is -2.09. The maximum absolute atomic E-state index is 12.0. The van der Waals surface area contributed by atoms with Crippen LogP contribution in [0.2, 0.25) is 0 Å². The smallest absolute Gasteiger partial charge is 0.311 e. The van der Waals surface area contributed by atoms with Crippen LogP contribution in [0.1, 0.15) is 127 Å². The summed E-state index contributed by atoms with van der Waals surface area (Å²) in [7, 11) is 0.